The van der Waals surface area contributed by atoms with E-state index in [1.165, 1.54) is 71.3 Å². The molecule has 0 fully saturated rings. The van der Waals surface area contributed by atoms with Crippen LogP contribution in [0.3, 0.4) is 0 Å². The van der Waals surface area contributed by atoms with Gasteiger partial charge in [-0.1, -0.05) is 158 Å². The number of furan rings is 1. The molecule has 0 radical (unpaired) electrons. The van der Waals surface area contributed by atoms with E-state index in [1.807, 2.05) is 6.07 Å². The second-order valence-electron chi connectivity index (χ2n) is 12.4. The molecule has 7 aromatic rings. The molecule has 1 aromatic heterocycles. The fourth-order valence-corrected chi connectivity index (χ4v) is 7.74. The third-order valence-electron chi connectivity index (χ3n) is 9.80. The summed E-state index contributed by atoms with van der Waals surface area (Å²) in [4.78, 5) is 0. The largest absolute Gasteiger partial charge is 0.455 e. The number of hydrogen-bond donors (Lipinski definition) is 0. The van der Waals surface area contributed by atoms with E-state index >= 15 is 0 Å². The molecule has 0 saturated carbocycles. The van der Waals surface area contributed by atoms with Crippen LogP contribution in [0.2, 0.25) is 0 Å². The van der Waals surface area contributed by atoms with Gasteiger partial charge in [-0.05, 0) is 67.9 Å². The van der Waals surface area contributed by atoms with E-state index in [1.54, 1.807) is 0 Å². The summed E-state index contributed by atoms with van der Waals surface area (Å²) in [5, 5.41) is 4.72. The topological polar surface area (TPSA) is 13.1 Å². The number of hydrogen-bond acceptors (Lipinski definition) is 1. The molecule has 0 N–H and O–H groups in total. The van der Waals surface area contributed by atoms with E-state index in [0.29, 0.717) is 0 Å². The summed E-state index contributed by atoms with van der Waals surface area (Å²) in [7, 11) is 0. The van der Waals surface area contributed by atoms with Gasteiger partial charge < -0.3 is 4.42 Å². The number of para-hydroxylation sites is 1. The summed E-state index contributed by atoms with van der Waals surface area (Å²) in [6.45, 7) is 2.23. The van der Waals surface area contributed by atoms with E-state index in [-0.39, 0.29) is 11.8 Å². The van der Waals surface area contributed by atoms with Gasteiger partial charge in [0, 0.05) is 28.2 Å². The minimum atomic E-state index is 0.141. The maximum atomic E-state index is 6.52. The lowest BCUT2D eigenvalue weighted by Crippen LogP contribution is -2.04. The van der Waals surface area contributed by atoms with Crippen molar-refractivity contribution in [2.45, 2.75) is 18.8 Å². The van der Waals surface area contributed by atoms with Gasteiger partial charge in [0.15, 0.2) is 0 Å². The van der Waals surface area contributed by atoms with Gasteiger partial charge in [-0.2, -0.15) is 0 Å². The summed E-state index contributed by atoms with van der Waals surface area (Å²) >= 11 is 0. The van der Waals surface area contributed by atoms with Gasteiger partial charge >= 0.3 is 0 Å². The van der Waals surface area contributed by atoms with Crippen molar-refractivity contribution < 1.29 is 4.42 Å². The van der Waals surface area contributed by atoms with Gasteiger partial charge in [0.25, 0.3) is 0 Å². The van der Waals surface area contributed by atoms with Gasteiger partial charge in [-0.3, -0.25) is 0 Å². The fraction of sp³-hybridized carbons (Fsp3) is 0.0667. The van der Waals surface area contributed by atoms with Gasteiger partial charge in [0.2, 0.25) is 0 Å². The van der Waals surface area contributed by atoms with E-state index in [4.69, 9.17) is 4.42 Å². The van der Waals surface area contributed by atoms with E-state index in [0.717, 1.165) is 11.2 Å². The molecule has 0 bridgehead atoms. The zero-order chi connectivity index (χ0) is 30.6. The minimum absolute atomic E-state index is 0.141. The third-order valence-corrected chi connectivity index (χ3v) is 9.80. The molecular formula is C45H32O. The van der Waals surface area contributed by atoms with Crippen LogP contribution in [0.1, 0.15) is 39.7 Å². The molecule has 218 valence electrons. The van der Waals surface area contributed by atoms with Crippen LogP contribution in [0, 0.1) is 6.92 Å². The van der Waals surface area contributed by atoms with Gasteiger partial charge in [0.05, 0.1) is 0 Å². The summed E-state index contributed by atoms with van der Waals surface area (Å²) < 4.78 is 6.52. The molecule has 2 aliphatic rings. The zero-order valence-corrected chi connectivity index (χ0v) is 25.7. The summed E-state index contributed by atoms with van der Waals surface area (Å²) in [6.07, 6.45) is 4.80. The molecule has 0 aliphatic heterocycles. The Bertz CT molecular complexity index is 2430. The summed E-state index contributed by atoms with van der Waals surface area (Å²) in [6, 6.07) is 54.7. The van der Waals surface area contributed by atoms with Crippen LogP contribution >= 0.6 is 0 Å². The van der Waals surface area contributed by atoms with Crippen molar-refractivity contribution >= 4 is 34.1 Å². The normalized spacial score (nSPS) is 14.3. The average Bonchev–Trinajstić information content (AvgIpc) is 3.73. The first kappa shape index (κ1) is 26.7. The van der Waals surface area contributed by atoms with Crippen molar-refractivity contribution in [3.05, 3.63) is 190 Å². The van der Waals surface area contributed by atoms with Crippen molar-refractivity contribution in [1.82, 2.24) is 0 Å². The van der Waals surface area contributed by atoms with Crippen LogP contribution in [0.5, 0.6) is 0 Å². The molecule has 9 rings (SSSR count). The lowest BCUT2D eigenvalue weighted by molar-refractivity contribution is 0.670. The second-order valence-corrected chi connectivity index (χ2v) is 12.4. The van der Waals surface area contributed by atoms with E-state index < -0.39 is 0 Å². The Labute approximate surface area is 268 Å². The minimum Gasteiger partial charge on any atom is -0.455 e. The maximum absolute atomic E-state index is 6.52. The predicted octanol–water partition coefficient (Wildman–Crippen LogP) is 10.2. The van der Waals surface area contributed by atoms with Gasteiger partial charge in [0.1, 0.15) is 11.2 Å². The average molecular weight is 589 g/mol. The quantitative estimate of drug-likeness (QED) is 0.196. The highest BCUT2D eigenvalue weighted by Crippen LogP contribution is 2.51. The molecular weight excluding hydrogens is 556 g/mol. The van der Waals surface area contributed by atoms with Crippen molar-refractivity contribution in [3.8, 4) is 22.3 Å². The molecule has 1 nitrogen and oxygen atoms in total. The Morgan fingerprint density at radius 1 is 0.457 bits per heavy atom. The SMILES string of the molecule is Cc1cccc2c1C(C=c1ccccc(=CC3c4ccccc4-c4ccccc43)cccc1)c1ccc3c(oc4ccccc43)c1-2. The standard InChI is InChI=1S/C45H32O/c1-29-13-12-23-39-43(29)41(37-25-26-38-36-22-10-11-24-42(36)46-45(38)44(37)39)28-31-16-4-2-14-30(15-3-5-17-31)27-40-34-20-8-6-18-32(34)33-19-7-9-21-35(33)40/h2-28,40-41H,1H3. The lowest BCUT2D eigenvalue weighted by atomic mass is 9.92. The van der Waals surface area contributed by atoms with Crippen molar-refractivity contribution in [1.29, 1.82) is 0 Å². The Morgan fingerprint density at radius 3 is 1.72 bits per heavy atom. The molecule has 6 aromatic carbocycles. The zero-order valence-electron chi connectivity index (χ0n) is 25.7. The number of aryl methyl sites for hydroxylation is 1. The van der Waals surface area contributed by atoms with E-state index in [2.05, 4.69) is 165 Å². The highest BCUT2D eigenvalue weighted by Gasteiger charge is 2.31. The summed E-state index contributed by atoms with van der Waals surface area (Å²) in [5.41, 5.74) is 13.8. The molecule has 1 unspecified atom stereocenters. The molecule has 1 atom stereocenters. The van der Waals surface area contributed by atoms with Crippen molar-refractivity contribution in [3.63, 3.8) is 0 Å². The monoisotopic (exact) mass is 588 g/mol. The van der Waals surface area contributed by atoms with Crippen molar-refractivity contribution in [2.24, 2.45) is 0 Å². The third kappa shape index (κ3) is 4.24. The molecule has 0 spiro atoms. The molecule has 1 heteroatoms. The Morgan fingerprint density at radius 2 is 1.02 bits per heavy atom. The van der Waals surface area contributed by atoms with Crippen LogP contribution in [0.25, 0.3) is 56.3 Å². The molecule has 46 heavy (non-hydrogen) atoms. The Hall–Kier alpha value is -5.66. The lowest BCUT2D eigenvalue weighted by Gasteiger charge is -2.11. The highest BCUT2D eigenvalue weighted by molar-refractivity contribution is 6.11. The first-order chi connectivity index (χ1) is 22.7. The molecule has 0 saturated heterocycles. The number of benzene rings is 5. The van der Waals surface area contributed by atoms with Crippen molar-refractivity contribution in [2.75, 3.05) is 0 Å². The molecule has 2 aliphatic carbocycles. The second kappa shape index (κ2) is 10.8. The van der Waals surface area contributed by atoms with Crippen LogP contribution in [-0.2, 0) is 0 Å². The smallest absolute Gasteiger partial charge is 0.143 e. The number of rotatable bonds is 2. The predicted molar refractivity (Wildman–Crippen MR) is 192 cm³/mol. The van der Waals surface area contributed by atoms with Gasteiger partial charge in [-0.25, -0.2) is 0 Å². The van der Waals surface area contributed by atoms with Crippen LogP contribution in [0.4, 0.5) is 0 Å². The first-order valence-corrected chi connectivity index (χ1v) is 16.1. The molecule has 0 amide bonds. The van der Waals surface area contributed by atoms with Crippen LogP contribution in [-0.4, -0.2) is 0 Å². The summed E-state index contributed by atoms with van der Waals surface area (Å²) in [5.74, 6) is 0.383. The molecule has 1 heterocycles. The maximum Gasteiger partial charge on any atom is 0.143 e. The van der Waals surface area contributed by atoms with Crippen LogP contribution in [0.15, 0.2) is 156 Å². The van der Waals surface area contributed by atoms with E-state index in [9.17, 15) is 0 Å². The van der Waals surface area contributed by atoms with Gasteiger partial charge in [-0.15, -0.1) is 0 Å². The Kier molecular flexibility index (Phi) is 6.24. The Balaban J connectivity index is 1.15. The first-order valence-electron chi connectivity index (χ1n) is 16.1. The van der Waals surface area contributed by atoms with Crippen LogP contribution < -0.4 is 10.4 Å². The highest BCUT2D eigenvalue weighted by atomic mass is 16.3. The fourth-order valence-electron chi connectivity index (χ4n) is 7.74. The number of fused-ring (bicyclic) bond motifs is 10.